The molecule has 1 saturated carbocycles. The normalized spacial score (nSPS) is 20.1. The molecule has 0 unspecified atom stereocenters. The van der Waals surface area contributed by atoms with E-state index in [4.69, 9.17) is 28.4 Å². The third-order valence-corrected chi connectivity index (χ3v) is 13.2. The molecule has 0 radical (unpaired) electrons. The summed E-state index contributed by atoms with van der Waals surface area (Å²) in [5, 5.41) is 8.67. The number of hydrogen-bond acceptors (Lipinski definition) is 9. The van der Waals surface area contributed by atoms with Gasteiger partial charge in [-0.3, -0.25) is 0 Å². The fraction of sp³-hybridized carbons (Fsp3) is 0.515. The Balaban J connectivity index is 1.19. The second kappa shape index (κ2) is 11.4. The summed E-state index contributed by atoms with van der Waals surface area (Å²) >= 11 is 0. The highest BCUT2D eigenvalue weighted by molar-refractivity contribution is 6.74. The molecule has 0 spiro atoms. The van der Waals surface area contributed by atoms with Gasteiger partial charge < -0.3 is 28.5 Å². The lowest BCUT2D eigenvalue weighted by Gasteiger charge is -2.35. The number of fused-ring (bicyclic) bond motifs is 2. The van der Waals surface area contributed by atoms with Crippen molar-refractivity contribution >= 4 is 36.8 Å². The van der Waals surface area contributed by atoms with Gasteiger partial charge in [0.1, 0.15) is 28.8 Å². The topological polar surface area (TPSA) is 116 Å². The van der Waals surface area contributed by atoms with Crippen LogP contribution >= 0.6 is 0 Å². The number of carbonyl (C=O) groups is 1. The van der Waals surface area contributed by atoms with Crippen LogP contribution < -0.4 is 15.0 Å². The Labute approximate surface area is 265 Å². The molecular formula is C33H44N6O5Si. The third-order valence-electron chi connectivity index (χ3n) is 8.83. The lowest BCUT2D eigenvalue weighted by atomic mass is 9.89. The van der Waals surface area contributed by atoms with Gasteiger partial charge in [-0.1, -0.05) is 20.8 Å². The van der Waals surface area contributed by atoms with E-state index in [2.05, 4.69) is 49.1 Å². The molecule has 1 N–H and O–H groups in total. The van der Waals surface area contributed by atoms with Crippen molar-refractivity contribution in [2.75, 3.05) is 11.4 Å². The largest absolute Gasteiger partial charge is 0.547 e. The lowest BCUT2D eigenvalue weighted by Crippen LogP contribution is -2.50. The number of hydrogen-bond donors (Lipinski definition) is 1. The van der Waals surface area contributed by atoms with Gasteiger partial charge in [-0.05, 0) is 69.9 Å². The highest BCUT2D eigenvalue weighted by Gasteiger charge is 2.39. The van der Waals surface area contributed by atoms with E-state index in [9.17, 15) is 4.79 Å². The number of aromatic nitrogens is 4. The number of imidazole rings is 1. The SMILES string of the molecule is CC(C)(C)OC(=O)NC1CC(Oc2ccc3ncc(-c4cc5c(N6CCC/C6=C\O[Si](C)(C)C(C)(C)C)nccc5o4)n3n2)C1. The van der Waals surface area contributed by atoms with Crippen LogP contribution in [0.4, 0.5) is 10.6 Å². The van der Waals surface area contributed by atoms with Crippen molar-refractivity contribution in [3.63, 3.8) is 0 Å². The monoisotopic (exact) mass is 632 g/mol. The van der Waals surface area contributed by atoms with Crippen molar-refractivity contribution in [2.24, 2.45) is 0 Å². The number of pyridine rings is 1. The van der Waals surface area contributed by atoms with Crippen LogP contribution in [0, 0.1) is 0 Å². The van der Waals surface area contributed by atoms with Crippen molar-refractivity contribution in [3.8, 4) is 17.3 Å². The molecule has 4 aromatic rings. The Morgan fingerprint density at radius 2 is 1.89 bits per heavy atom. The molecule has 0 aromatic carbocycles. The van der Waals surface area contributed by atoms with E-state index < -0.39 is 20.0 Å². The highest BCUT2D eigenvalue weighted by atomic mass is 28.4. The number of furan rings is 1. The zero-order valence-corrected chi connectivity index (χ0v) is 28.5. The third kappa shape index (κ3) is 6.51. The molecule has 12 heteroatoms. The van der Waals surface area contributed by atoms with E-state index in [0.717, 1.165) is 41.9 Å². The number of amides is 1. The summed E-state index contributed by atoms with van der Waals surface area (Å²) in [4.78, 5) is 23.6. The average Bonchev–Trinajstić information content (AvgIpc) is 3.66. The van der Waals surface area contributed by atoms with Gasteiger partial charge in [0.05, 0.1) is 23.5 Å². The molecule has 1 aliphatic heterocycles. The molecule has 5 heterocycles. The molecule has 1 aliphatic carbocycles. The summed E-state index contributed by atoms with van der Waals surface area (Å²) in [7, 11) is -1.94. The van der Waals surface area contributed by atoms with Gasteiger partial charge in [0.15, 0.2) is 11.4 Å². The molecule has 11 nitrogen and oxygen atoms in total. The van der Waals surface area contributed by atoms with Crippen molar-refractivity contribution in [1.82, 2.24) is 24.9 Å². The predicted octanol–water partition coefficient (Wildman–Crippen LogP) is 7.44. The van der Waals surface area contributed by atoms with Gasteiger partial charge in [0.2, 0.25) is 14.2 Å². The molecule has 1 saturated heterocycles. The minimum atomic E-state index is -1.94. The van der Waals surface area contributed by atoms with Gasteiger partial charge in [0, 0.05) is 37.7 Å². The average molecular weight is 633 g/mol. The summed E-state index contributed by atoms with van der Waals surface area (Å²) in [6, 6.07) is 7.60. The van der Waals surface area contributed by atoms with Crippen LogP contribution in [0.5, 0.6) is 5.88 Å². The second-order valence-electron chi connectivity index (χ2n) is 14.5. The molecule has 0 atom stereocenters. The van der Waals surface area contributed by atoms with Crippen LogP contribution in [0.3, 0.4) is 0 Å². The van der Waals surface area contributed by atoms with Crippen LogP contribution in [-0.4, -0.2) is 58.3 Å². The zero-order chi connectivity index (χ0) is 32.1. The lowest BCUT2D eigenvalue weighted by molar-refractivity contribution is 0.0352. The number of alkyl carbamates (subject to hydrolysis) is 1. The van der Waals surface area contributed by atoms with Gasteiger partial charge in [-0.15, -0.1) is 5.10 Å². The number of rotatable bonds is 7. The highest BCUT2D eigenvalue weighted by Crippen LogP contribution is 2.39. The Kier molecular flexibility index (Phi) is 7.83. The standard InChI is InChI=1S/C33H44N6O5Si/c1-32(2,3)44-31(40)36-21-16-23(17-21)42-29-12-11-28-35-19-25(39(28)37-29)27-18-24-26(43-27)13-14-34-30(24)38-15-9-10-22(38)20-41-45(7,8)33(4,5)6/h11-14,18-21,23H,9-10,15-17H2,1-8H3,(H,36,40)/b22-20+. The maximum atomic E-state index is 12.1. The fourth-order valence-corrected chi connectivity index (χ4v) is 6.04. The first kappa shape index (κ1) is 30.9. The molecule has 2 fully saturated rings. The van der Waals surface area contributed by atoms with Crippen molar-refractivity contribution in [1.29, 1.82) is 0 Å². The molecular weight excluding hydrogens is 588 g/mol. The summed E-state index contributed by atoms with van der Waals surface area (Å²) in [5.41, 5.74) is 2.75. The quantitative estimate of drug-likeness (QED) is 0.164. The minimum absolute atomic E-state index is 0.0142. The van der Waals surface area contributed by atoms with E-state index in [-0.39, 0.29) is 17.2 Å². The Morgan fingerprint density at radius 1 is 1.11 bits per heavy atom. The molecule has 1 amide bonds. The minimum Gasteiger partial charge on any atom is -0.547 e. The first-order valence-electron chi connectivity index (χ1n) is 15.7. The summed E-state index contributed by atoms with van der Waals surface area (Å²) < 4.78 is 26.1. The zero-order valence-electron chi connectivity index (χ0n) is 27.5. The smallest absolute Gasteiger partial charge is 0.407 e. The fourth-order valence-electron chi connectivity index (χ4n) is 5.26. The molecule has 2 aliphatic rings. The van der Waals surface area contributed by atoms with Gasteiger partial charge in [-0.2, -0.15) is 0 Å². The molecule has 0 bridgehead atoms. The number of carbonyl (C=O) groups excluding carboxylic acids is 1. The van der Waals surface area contributed by atoms with Crippen LogP contribution in [0.15, 0.2) is 53.0 Å². The van der Waals surface area contributed by atoms with Crippen molar-refractivity contribution in [3.05, 3.63) is 48.6 Å². The summed E-state index contributed by atoms with van der Waals surface area (Å²) in [6.45, 7) is 17.7. The molecule has 4 aromatic heterocycles. The first-order chi connectivity index (χ1) is 21.2. The Hall–Kier alpha value is -4.06. The first-order valence-corrected chi connectivity index (χ1v) is 18.6. The summed E-state index contributed by atoms with van der Waals surface area (Å²) in [5.74, 6) is 1.98. The predicted molar refractivity (Wildman–Crippen MR) is 176 cm³/mol. The van der Waals surface area contributed by atoms with Crippen LogP contribution in [0.25, 0.3) is 28.1 Å². The maximum Gasteiger partial charge on any atom is 0.407 e. The number of nitrogens with zero attached hydrogens (tertiary/aromatic N) is 5. The second-order valence-corrected chi connectivity index (χ2v) is 19.3. The van der Waals surface area contributed by atoms with Crippen LogP contribution in [0.2, 0.25) is 18.1 Å². The number of anilines is 1. The van der Waals surface area contributed by atoms with Gasteiger partial charge in [-0.25, -0.2) is 19.3 Å². The van der Waals surface area contributed by atoms with Gasteiger partial charge in [0.25, 0.3) is 0 Å². The summed E-state index contributed by atoms with van der Waals surface area (Å²) in [6.07, 6.45) is 8.41. The van der Waals surface area contributed by atoms with Crippen LogP contribution in [-0.2, 0) is 9.16 Å². The van der Waals surface area contributed by atoms with Gasteiger partial charge >= 0.3 is 6.09 Å². The van der Waals surface area contributed by atoms with E-state index in [1.54, 1.807) is 16.9 Å². The number of ether oxygens (including phenoxy) is 2. The molecule has 45 heavy (non-hydrogen) atoms. The van der Waals surface area contributed by atoms with E-state index in [0.29, 0.717) is 35.8 Å². The number of nitrogens with one attached hydrogen (secondary N) is 1. The van der Waals surface area contributed by atoms with Crippen LogP contribution in [0.1, 0.15) is 67.2 Å². The maximum absolute atomic E-state index is 12.1. The Bertz CT molecular complexity index is 1740. The van der Waals surface area contributed by atoms with E-state index in [1.807, 2.05) is 51.3 Å². The van der Waals surface area contributed by atoms with E-state index in [1.165, 1.54) is 0 Å². The molecule has 240 valence electrons. The number of allylic oxidation sites excluding steroid dienone is 1. The van der Waals surface area contributed by atoms with Crippen molar-refractivity contribution in [2.45, 2.75) is 103 Å². The molecule has 6 rings (SSSR count). The van der Waals surface area contributed by atoms with Crippen molar-refractivity contribution < 1.29 is 23.1 Å². The Morgan fingerprint density at radius 3 is 2.62 bits per heavy atom. The van der Waals surface area contributed by atoms with E-state index >= 15 is 0 Å².